The summed E-state index contributed by atoms with van der Waals surface area (Å²) in [5.74, 6) is 0.568. The lowest BCUT2D eigenvalue weighted by molar-refractivity contribution is 0.913. The van der Waals surface area contributed by atoms with Gasteiger partial charge in [0.1, 0.15) is 10.8 Å². The first-order valence-electron chi connectivity index (χ1n) is 4.26. The average Bonchev–Trinajstić information content (AvgIpc) is 2.60. The van der Waals surface area contributed by atoms with Gasteiger partial charge in [-0.05, 0) is 29.5 Å². The summed E-state index contributed by atoms with van der Waals surface area (Å²) < 4.78 is 2.73. The topological polar surface area (TPSA) is 43.6 Å². The van der Waals surface area contributed by atoms with Gasteiger partial charge < -0.3 is 4.57 Å². The van der Waals surface area contributed by atoms with Crippen molar-refractivity contribution in [3.05, 3.63) is 26.9 Å². The summed E-state index contributed by atoms with van der Waals surface area (Å²) >= 11 is 8.11. The summed E-state index contributed by atoms with van der Waals surface area (Å²) in [6.45, 7) is 1.90. The number of hydrogen-bond donors (Lipinski definition) is 0. The summed E-state index contributed by atoms with van der Waals surface area (Å²) in [5, 5.41) is 0.476. The first-order valence-corrected chi connectivity index (χ1v) is 5.71. The number of hydrogen-bond acceptors (Lipinski definition) is 3. The molecule has 0 saturated carbocycles. The highest BCUT2D eigenvalue weighted by Gasteiger charge is 2.10. The van der Waals surface area contributed by atoms with Crippen LogP contribution in [0.5, 0.6) is 0 Å². The van der Waals surface area contributed by atoms with E-state index in [-0.39, 0.29) is 0 Å². The van der Waals surface area contributed by atoms with Crippen molar-refractivity contribution in [1.29, 1.82) is 0 Å². The fourth-order valence-corrected chi connectivity index (χ4v) is 1.63. The Labute approximate surface area is 106 Å². The molecule has 0 aliphatic carbocycles. The normalized spacial score (nSPS) is 10.7. The zero-order chi connectivity index (χ0) is 11.0. The number of halogens is 2. The van der Waals surface area contributed by atoms with E-state index in [2.05, 4.69) is 37.5 Å². The van der Waals surface area contributed by atoms with Crippen LogP contribution in [0, 0.1) is 10.5 Å². The molecule has 78 valence electrons. The quantitative estimate of drug-likeness (QED) is 0.594. The molecule has 0 unspecified atom stereocenters. The first kappa shape index (κ1) is 10.8. The van der Waals surface area contributed by atoms with Crippen LogP contribution >= 0.6 is 34.2 Å². The second-order valence-corrected chi connectivity index (χ2v) is 4.60. The number of nitrogens with zero attached hydrogens (tertiary/aromatic N) is 4. The SMILES string of the molecule is Cc1nc(-c2cn(C)cn2)nc(Cl)c1I. The maximum atomic E-state index is 5.98. The lowest BCUT2D eigenvalue weighted by Crippen LogP contribution is -1.96. The Morgan fingerprint density at radius 2 is 2.13 bits per heavy atom. The van der Waals surface area contributed by atoms with Crippen molar-refractivity contribution in [3.8, 4) is 11.5 Å². The average molecular weight is 335 g/mol. The van der Waals surface area contributed by atoms with E-state index in [0.29, 0.717) is 11.0 Å². The molecule has 0 aromatic carbocycles. The lowest BCUT2D eigenvalue weighted by atomic mass is 10.4. The molecule has 2 heterocycles. The van der Waals surface area contributed by atoms with Crippen molar-refractivity contribution in [1.82, 2.24) is 19.5 Å². The van der Waals surface area contributed by atoms with Crippen LogP contribution in [0.15, 0.2) is 12.5 Å². The Morgan fingerprint density at radius 1 is 1.40 bits per heavy atom. The molecule has 4 nitrogen and oxygen atoms in total. The van der Waals surface area contributed by atoms with Gasteiger partial charge >= 0.3 is 0 Å². The number of aryl methyl sites for hydroxylation is 2. The molecular formula is C9H8ClIN4. The Hall–Kier alpha value is -0.690. The molecule has 2 aromatic rings. The van der Waals surface area contributed by atoms with Crippen molar-refractivity contribution >= 4 is 34.2 Å². The van der Waals surface area contributed by atoms with Gasteiger partial charge in [-0.1, -0.05) is 11.6 Å². The zero-order valence-electron chi connectivity index (χ0n) is 8.20. The van der Waals surface area contributed by atoms with Crippen LogP contribution in [0.25, 0.3) is 11.5 Å². The fraction of sp³-hybridized carbons (Fsp3) is 0.222. The van der Waals surface area contributed by atoms with E-state index in [1.807, 2.05) is 24.7 Å². The summed E-state index contributed by atoms with van der Waals surface area (Å²) in [6.07, 6.45) is 3.57. The maximum absolute atomic E-state index is 5.98. The monoisotopic (exact) mass is 334 g/mol. The molecule has 0 N–H and O–H groups in total. The highest BCUT2D eigenvalue weighted by Crippen LogP contribution is 2.22. The van der Waals surface area contributed by atoms with Crippen molar-refractivity contribution in [2.24, 2.45) is 7.05 Å². The van der Waals surface area contributed by atoms with Crippen molar-refractivity contribution in [3.63, 3.8) is 0 Å². The number of rotatable bonds is 1. The van der Waals surface area contributed by atoms with Crippen LogP contribution in [0.4, 0.5) is 0 Å². The highest BCUT2D eigenvalue weighted by molar-refractivity contribution is 14.1. The van der Waals surface area contributed by atoms with Crippen LogP contribution in [0.1, 0.15) is 5.69 Å². The molecule has 6 heteroatoms. The minimum Gasteiger partial charge on any atom is -0.340 e. The fourth-order valence-electron chi connectivity index (χ4n) is 1.17. The van der Waals surface area contributed by atoms with Gasteiger partial charge in [0.2, 0.25) is 0 Å². The third kappa shape index (κ3) is 2.12. The molecule has 0 radical (unpaired) electrons. The summed E-state index contributed by atoms with van der Waals surface area (Å²) in [4.78, 5) is 12.7. The largest absolute Gasteiger partial charge is 0.340 e. The lowest BCUT2D eigenvalue weighted by Gasteiger charge is -2.02. The van der Waals surface area contributed by atoms with E-state index < -0.39 is 0 Å². The number of aromatic nitrogens is 4. The Morgan fingerprint density at radius 3 is 2.67 bits per heavy atom. The second-order valence-electron chi connectivity index (χ2n) is 3.16. The minimum absolute atomic E-state index is 0.476. The zero-order valence-corrected chi connectivity index (χ0v) is 11.1. The predicted octanol–water partition coefficient (Wildman–Crippen LogP) is 2.44. The van der Waals surface area contributed by atoms with Crippen molar-refractivity contribution in [2.45, 2.75) is 6.92 Å². The van der Waals surface area contributed by atoms with Gasteiger partial charge in [0, 0.05) is 13.2 Å². The molecule has 0 aliphatic rings. The summed E-state index contributed by atoms with van der Waals surface area (Å²) in [6, 6.07) is 0. The van der Waals surface area contributed by atoms with Gasteiger partial charge in [-0.3, -0.25) is 0 Å². The van der Waals surface area contributed by atoms with Crippen LogP contribution in [-0.4, -0.2) is 19.5 Å². The number of imidazole rings is 1. The van der Waals surface area contributed by atoms with Gasteiger partial charge in [0.05, 0.1) is 15.6 Å². The van der Waals surface area contributed by atoms with Crippen LogP contribution < -0.4 is 0 Å². The molecule has 2 rings (SSSR count). The third-order valence-corrected chi connectivity index (χ3v) is 3.79. The smallest absolute Gasteiger partial charge is 0.181 e. The maximum Gasteiger partial charge on any atom is 0.181 e. The molecule has 15 heavy (non-hydrogen) atoms. The van der Waals surface area contributed by atoms with Crippen LogP contribution in [-0.2, 0) is 7.05 Å². The molecule has 0 saturated heterocycles. The molecule has 0 bridgehead atoms. The Bertz CT molecular complexity index is 486. The summed E-state index contributed by atoms with van der Waals surface area (Å²) in [7, 11) is 1.90. The van der Waals surface area contributed by atoms with E-state index in [1.54, 1.807) is 6.33 Å². The molecule has 2 aromatic heterocycles. The van der Waals surface area contributed by atoms with E-state index in [0.717, 1.165) is 15.0 Å². The van der Waals surface area contributed by atoms with Gasteiger partial charge in [0.25, 0.3) is 0 Å². The van der Waals surface area contributed by atoms with E-state index in [4.69, 9.17) is 11.6 Å². The molecule has 0 aliphatic heterocycles. The van der Waals surface area contributed by atoms with Gasteiger partial charge in [-0.25, -0.2) is 15.0 Å². The van der Waals surface area contributed by atoms with Crippen LogP contribution in [0.2, 0.25) is 5.15 Å². The van der Waals surface area contributed by atoms with Gasteiger partial charge in [-0.2, -0.15) is 0 Å². The first-order chi connectivity index (χ1) is 7.08. The summed E-state index contributed by atoms with van der Waals surface area (Å²) in [5.41, 5.74) is 1.61. The van der Waals surface area contributed by atoms with Crippen molar-refractivity contribution < 1.29 is 0 Å². The molecule has 0 spiro atoms. The van der Waals surface area contributed by atoms with E-state index >= 15 is 0 Å². The van der Waals surface area contributed by atoms with E-state index in [9.17, 15) is 0 Å². The highest BCUT2D eigenvalue weighted by atomic mass is 127. The third-order valence-electron chi connectivity index (χ3n) is 1.91. The molecule has 0 fully saturated rings. The predicted molar refractivity (Wildman–Crippen MR) is 66.7 cm³/mol. The Kier molecular flexibility index (Phi) is 2.92. The second kappa shape index (κ2) is 4.05. The molecule has 0 amide bonds. The standard InChI is InChI=1S/C9H8ClIN4/c1-5-7(11)8(10)14-9(13-5)6-3-15(2)4-12-6/h3-4H,1-2H3. The van der Waals surface area contributed by atoms with Gasteiger partial charge in [-0.15, -0.1) is 0 Å². The van der Waals surface area contributed by atoms with Gasteiger partial charge in [0.15, 0.2) is 5.82 Å². The van der Waals surface area contributed by atoms with E-state index in [1.165, 1.54) is 0 Å². The minimum atomic E-state index is 0.476. The molecular weight excluding hydrogens is 326 g/mol. The Balaban J connectivity index is 2.55. The van der Waals surface area contributed by atoms with Crippen LogP contribution in [0.3, 0.4) is 0 Å². The van der Waals surface area contributed by atoms with Crippen molar-refractivity contribution in [2.75, 3.05) is 0 Å². The molecule has 0 atom stereocenters.